The third-order valence-electron chi connectivity index (χ3n) is 2.00. The van der Waals surface area contributed by atoms with Crippen LogP contribution in [0.2, 0.25) is 0 Å². The van der Waals surface area contributed by atoms with Crippen LogP contribution in [0.5, 0.6) is 11.5 Å². The van der Waals surface area contributed by atoms with Crippen LogP contribution < -0.4 is 10.3 Å². The van der Waals surface area contributed by atoms with Gasteiger partial charge in [0, 0.05) is 0 Å². The predicted molar refractivity (Wildman–Crippen MR) is 65.1 cm³/mol. The van der Waals surface area contributed by atoms with Gasteiger partial charge in [-0.05, 0) is 28.1 Å². The predicted octanol–water partition coefficient (Wildman–Crippen LogP) is 1.84. The number of nitro groups is 1. The van der Waals surface area contributed by atoms with Crippen molar-refractivity contribution in [3.8, 4) is 11.5 Å². The standard InChI is InChI=1S/C10H6BrN3O4/c11-9-8(18-7-4-2-1-3-5-7)6-12-13(10(9)15)14(16)17/h1-6H. The summed E-state index contributed by atoms with van der Waals surface area (Å²) in [7, 11) is 0. The summed E-state index contributed by atoms with van der Waals surface area (Å²) in [4.78, 5) is 22.2. The van der Waals surface area contributed by atoms with E-state index < -0.39 is 10.6 Å². The number of hydrogen-bond donors (Lipinski definition) is 0. The molecule has 0 fully saturated rings. The van der Waals surface area contributed by atoms with Crippen molar-refractivity contribution in [2.75, 3.05) is 0 Å². The molecular weight excluding hydrogens is 306 g/mol. The highest BCUT2D eigenvalue weighted by atomic mass is 79.9. The van der Waals surface area contributed by atoms with Crippen LogP contribution in [-0.2, 0) is 0 Å². The summed E-state index contributed by atoms with van der Waals surface area (Å²) in [5.74, 6) is 0.613. The van der Waals surface area contributed by atoms with Crippen molar-refractivity contribution < 1.29 is 9.77 Å². The van der Waals surface area contributed by atoms with Crippen molar-refractivity contribution in [3.63, 3.8) is 0 Å². The number of rotatable bonds is 3. The van der Waals surface area contributed by atoms with Gasteiger partial charge in [-0.15, -0.1) is 0 Å². The molecule has 0 unspecified atom stereocenters. The maximum absolute atomic E-state index is 11.6. The Morgan fingerprint density at radius 1 is 1.33 bits per heavy atom. The third kappa shape index (κ3) is 2.38. The molecule has 8 heteroatoms. The van der Waals surface area contributed by atoms with E-state index in [2.05, 4.69) is 21.0 Å². The Kier molecular flexibility index (Phi) is 3.38. The van der Waals surface area contributed by atoms with Crippen LogP contribution in [0.1, 0.15) is 0 Å². The van der Waals surface area contributed by atoms with E-state index in [4.69, 9.17) is 4.74 Å². The summed E-state index contributed by atoms with van der Waals surface area (Å²) in [5, 5.41) is 13.0. The highest BCUT2D eigenvalue weighted by Gasteiger charge is 2.17. The molecule has 1 aromatic heterocycles. The monoisotopic (exact) mass is 311 g/mol. The Balaban J connectivity index is 2.40. The van der Waals surface area contributed by atoms with E-state index in [0.29, 0.717) is 5.75 Å². The van der Waals surface area contributed by atoms with Gasteiger partial charge < -0.3 is 14.9 Å². The number of benzene rings is 1. The van der Waals surface area contributed by atoms with Gasteiger partial charge in [0.2, 0.25) is 6.20 Å². The van der Waals surface area contributed by atoms with Gasteiger partial charge in [0.05, 0.1) is 14.9 Å². The molecule has 7 nitrogen and oxygen atoms in total. The van der Waals surface area contributed by atoms with Crippen molar-refractivity contribution in [3.05, 3.63) is 61.5 Å². The minimum absolute atomic E-state index is 0.0574. The SMILES string of the molecule is O=c1c(Br)c(Oc2ccccc2)cnn1[N+](=O)[O-]. The molecule has 0 aliphatic rings. The maximum atomic E-state index is 11.6. The lowest BCUT2D eigenvalue weighted by Crippen LogP contribution is -2.29. The first kappa shape index (κ1) is 12.2. The molecule has 0 N–H and O–H groups in total. The first-order valence-electron chi connectivity index (χ1n) is 4.75. The Morgan fingerprint density at radius 3 is 2.61 bits per heavy atom. The van der Waals surface area contributed by atoms with Gasteiger partial charge in [-0.25, -0.2) is 0 Å². The zero-order valence-electron chi connectivity index (χ0n) is 8.82. The van der Waals surface area contributed by atoms with E-state index in [1.165, 1.54) is 0 Å². The summed E-state index contributed by atoms with van der Waals surface area (Å²) < 4.78 is 5.32. The fraction of sp³-hybridized carbons (Fsp3) is 0. The second-order valence-corrected chi connectivity index (χ2v) is 3.96. The molecule has 2 rings (SSSR count). The summed E-state index contributed by atoms with van der Waals surface area (Å²) in [5.41, 5.74) is -0.895. The fourth-order valence-corrected chi connectivity index (χ4v) is 1.55. The van der Waals surface area contributed by atoms with Crippen LogP contribution in [0.15, 0.2) is 45.8 Å². The minimum Gasteiger partial charge on any atom is -0.452 e. The van der Waals surface area contributed by atoms with E-state index in [-0.39, 0.29) is 15.0 Å². The lowest BCUT2D eigenvalue weighted by atomic mass is 10.3. The topological polar surface area (TPSA) is 87.3 Å². The van der Waals surface area contributed by atoms with Gasteiger partial charge in [-0.2, -0.15) is 0 Å². The summed E-state index contributed by atoms with van der Waals surface area (Å²) in [6.45, 7) is 0. The van der Waals surface area contributed by atoms with Crippen molar-refractivity contribution in [1.29, 1.82) is 0 Å². The van der Waals surface area contributed by atoms with Crippen molar-refractivity contribution in [2.24, 2.45) is 0 Å². The van der Waals surface area contributed by atoms with Crippen LogP contribution >= 0.6 is 15.9 Å². The number of ether oxygens (including phenoxy) is 1. The van der Waals surface area contributed by atoms with Crippen LogP contribution in [0.3, 0.4) is 0 Å². The number of hydrogen-bond acceptors (Lipinski definition) is 5. The number of aromatic nitrogens is 2. The van der Waals surface area contributed by atoms with Crippen LogP contribution in [0, 0.1) is 10.1 Å². The minimum atomic E-state index is -0.917. The highest BCUT2D eigenvalue weighted by molar-refractivity contribution is 9.10. The van der Waals surface area contributed by atoms with E-state index in [1.54, 1.807) is 24.3 Å². The third-order valence-corrected chi connectivity index (χ3v) is 2.73. The van der Waals surface area contributed by atoms with Gasteiger partial charge in [0.1, 0.15) is 10.2 Å². The number of para-hydroxylation sites is 1. The molecule has 0 atom stereocenters. The van der Waals surface area contributed by atoms with Crippen molar-refractivity contribution >= 4 is 15.9 Å². The first-order valence-corrected chi connectivity index (χ1v) is 5.54. The van der Waals surface area contributed by atoms with Crippen molar-refractivity contribution in [2.45, 2.75) is 0 Å². The highest BCUT2D eigenvalue weighted by Crippen LogP contribution is 2.25. The molecule has 0 amide bonds. The van der Waals surface area contributed by atoms with Crippen LogP contribution in [-0.4, -0.2) is 14.9 Å². The Hall–Kier alpha value is -2.22. The van der Waals surface area contributed by atoms with Crippen molar-refractivity contribution in [1.82, 2.24) is 9.89 Å². The Labute approximate surface area is 109 Å². The van der Waals surface area contributed by atoms with Gasteiger partial charge in [0.25, 0.3) is 0 Å². The first-order chi connectivity index (χ1) is 8.59. The molecule has 92 valence electrons. The van der Waals surface area contributed by atoms with Crippen LogP contribution in [0.4, 0.5) is 0 Å². The molecule has 0 aliphatic heterocycles. The molecule has 1 heterocycles. The maximum Gasteiger partial charge on any atom is 0.351 e. The van der Waals surface area contributed by atoms with Crippen LogP contribution in [0.25, 0.3) is 0 Å². The normalized spacial score (nSPS) is 10.1. The molecule has 2 aromatic rings. The molecule has 0 aliphatic carbocycles. The van der Waals surface area contributed by atoms with Gasteiger partial charge in [-0.1, -0.05) is 18.2 Å². The second kappa shape index (κ2) is 4.96. The lowest BCUT2D eigenvalue weighted by molar-refractivity contribution is -0.556. The molecule has 1 aromatic carbocycles. The van der Waals surface area contributed by atoms with Gasteiger partial charge in [-0.3, -0.25) is 4.79 Å². The molecule has 0 saturated carbocycles. The fourth-order valence-electron chi connectivity index (χ4n) is 1.21. The zero-order chi connectivity index (χ0) is 13.1. The zero-order valence-corrected chi connectivity index (χ0v) is 10.4. The summed E-state index contributed by atoms with van der Waals surface area (Å²) >= 11 is 2.95. The second-order valence-electron chi connectivity index (χ2n) is 3.17. The Bertz CT molecular complexity index is 641. The average Bonchev–Trinajstić information content (AvgIpc) is 2.36. The smallest absolute Gasteiger partial charge is 0.351 e. The van der Waals surface area contributed by atoms with E-state index >= 15 is 0 Å². The molecule has 18 heavy (non-hydrogen) atoms. The van der Waals surface area contributed by atoms with E-state index in [0.717, 1.165) is 6.20 Å². The van der Waals surface area contributed by atoms with Gasteiger partial charge in [0.15, 0.2) is 5.75 Å². The molecule has 0 bridgehead atoms. The van der Waals surface area contributed by atoms with E-state index in [9.17, 15) is 14.9 Å². The lowest BCUT2D eigenvalue weighted by Gasteiger charge is -2.04. The molecule has 0 radical (unpaired) electrons. The summed E-state index contributed by atoms with van der Waals surface area (Å²) in [6, 6.07) is 8.70. The van der Waals surface area contributed by atoms with Gasteiger partial charge >= 0.3 is 5.56 Å². The number of halogens is 1. The summed E-state index contributed by atoms with van der Waals surface area (Å²) in [6.07, 6.45) is 1.10. The molecule has 0 saturated heterocycles. The quantitative estimate of drug-likeness (QED) is 0.637. The van der Waals surface area contributed by atoms with E-state index in [1.807, 2.05) is 6.07 Å². The molecule has 0 spiro atoms. The molecular formula is C10H6BrN3O4. The Morgan fingerprint density at radius 2 is 2.00 bits per heavy atom. The number of nitrogens with zero attached hydrogens (tertiary/aromatic N) is 3. The largest absolute Gasteiger partial charge is 0.452 e. The average molecular weight is 312 g/mol.